The van der Waals surface area contributed by atoms with E-state index in [4.69, 9.17) is 0 Å². The summed E-state index contributed by atoms with van der Waals surface area (Å²) in [6.45, 7) is 1.93. The molecule has 2 aromatic rings. The molecule has 0 radical (unpaired) electrons. The maximum atomic E-state index is 11.6. The van der Waals surface area contributed by atoms with Gasteiger partial charge in [0.05, 0.1) is 18.7 Å². The molecule has 110 valence electrons. The van der Waals surface area contributed by atoms with Crippen molar-refractivity contribution in [2.75, 3.05) is 11.9 Å². The molecule has 0 saturated heterocycles. The van der Waals surface area contributed by atoms with Gasteiger partial charge in [-0.15, -0.1) is 0 Å². The third-order valence-corrected chi connectivity index (χ3v) is 2.67. The molecule has 0 saturated carbocycles. The first-order valence-corrected chi connectivity index (χ1v) is 6.51. The number of H-pyrrole nitrogens is 1. The lowest BCUT2D eigenvalue weighted by Gasteiger charge is -2.08. The summed E-state index contributed by atoms with van der Waals surface area (Å²) in [6.07, 6.45) is 0.108. The van der Waals surface area contributed by atoms with Crippen LogP contribution in [0.4, 0.5) is 5.69 Å². The number of rotatable bonds is 5. The summed E-state index contributed by atoms with van der Waals surface area (Å²) in [5.74, 6) is -0.653. The molecule has 0 spiro atoms. The normalized spacial score (nSPS) is 9.95. The van der Waals surface area contributed by atoms with Crippen LogP contribution in [-0.2, 0) is 16.0 Å². The second-order valence-electron chi connectivity index (χ2n) is 4.54. The highest BCUT2D eigenvalue weighted by atomic mass is 16.2. The molecule has 0 unspecified atom stereocenters. The van der Waals surface area contributed by atoms with E-state index in [1.54, 1.807) is 6.07 Å². The fourth-order valence-electron chi connectivity index (χ4n) is 1.70. The molecule has 1 aromatic carbocycles. The number of amides is 2. The van der Waals surface area contributed by atoms with Gasteiger partial charge in [0, 0.05) is 11.4 Å². The van der Waals surface area contributed by atoms with Gasteiger partial charge < -0.3 is 5.32 Å². The maximum absolute atomic E-state index is 11.6. The Morgan fingerprint density at radius 1 is 1.14 bits per heavy atom. The Kier molecular flexibility index (Phi) is 4.92. The minimum absolute atomic E-state index is 0.0752. The second kappa shape index (κ2) is 7.09. The molecule has 2 rings (SSSR count). The predicted octanol–water partition coefficient (Wildman–Crippen LogP) is 0.520. The SMILES string of the molecule is Cc1cc(CC(=O)NNC(=O)CNc2ccccc2)n[nH]1. The molecule has 2 amide bonds. The van der Waals surface area contributed by atoms with E-state index in [2.05, 4.69) is 26.4 Å². The van der Waals surface area contributed by atoms with Crippen LogP contribution in [0.25, 0.3) is 0 Å². The number of nitrogens with one attached hydrogen (secondary N) is 4. The topological polar surface area (TPSA) is 98.9 Å². The number of carbonyl (C=O) groups is 2. The van der Waals surface area contributed by atoms with Crippen molar-refractivity contribution in [1.29, 1.82) is 0 Å². The summed E-state index contributed by atoms with van der Waals surface area (Å²) < 4.78 is 0. The Labute approximate surface area is 122 Å². The first-order chi connectivity index (χ1) is 10.1. The van der Waals surface area contributed by atoms with E-state index < -0.39 is 0 Å². The third-order valence-electron chi connectivity index (χ3n) is 2.67. The number of hydrogen-bond donors (Lipinski definition) is 4. The van der Waals surface area contributed by atoms with Crippen molar-refractivity contribution in [2.24, 2.45) is 0 Å². The first-order valence-electron chi connectivity index (χ1n) is 6.51. The van der Waals surface area contributed by atoms with Gasteiger partial charge in [0.2, 0.25) is 5.91 Å². The maximum Gasteiger partial charge on any atom is 0.257 e. The highest BCUT2D eigenvalue weighted by Crippen LogP contribution is 2.03. The van der Waals surface area contributed by atoms with E-state index in [1.807, 2.05) is 37.3 Å². The number of aromatic amines is 1. The number of hydrazine groups is 1. The van der Waals surface area contributed by atoms with Crippen LogP contribution in [0.1, 0.15) is 11.4 Å². The molecule has 0 aliphatic rings. The fourth-order valence-corrected chi connectivity index (χ4v) is 1.70. The van der Waals surface area contributed by atoms with Crippen LogP contribution < -0.4 is 16.2 Å². The van der Waals surface area contributed by atoms with Crippen LogP contribution >= 0.6 is 0 Å². The molecular weight excluding hydrogens is 270 g/mol. The van der Waals surface area contributed by atoms with Crippen molar-refractivity contribution in [2.45, 2.75) is 13.3 Å². The highest BCUT2D eigenvalue weighted by Gasteiger charge is 2.07. The van der Waals surface area contributed by atoms with E-state index in [0.29, 0.717) is 5.69 Å². The molecule has 21 heavy (non-hydrogen) atoms. The fraction of sp³-hybridized carbons (Fsp3) is 0.214. The van der Waals surface area contributed by atoms with Gasteiger partial charge in [0.25, 0.3) is 5.91 Å². The van der Waals surface area contributed by atoms with Crippen molar-refractivity contribution in [3.05, 3.63) is 47.8 Å². The standard InChI is InChI=1S/C14H17N5O2/c1-10-7-12(17-16-10)8-13(20)18-19-14(21)9-15-11-5-3-2-4-6-11/h2-7,15H,8-9H2,1H3,(H,16,17)(H,18,20)(H,19,21). The number of hydrogen-bond acceptors (Lipinski definition) is 4. The van der Waals surface area contributed by atoms with Gasteiger partial charge in [-0.05, 0) is 25.1 Å². The van der Waals surface area contributed by atoms with Crippen molar-refractivity contribution in [3.8, 4) is 0 Å². The molecule has 0 atom stereocenters. The number of benzene rings is 1. The zero-order valence-electron chi connectivity index (χ0n) is 11.6. The zero-order valence-corrected chi connectivity index (χ0v) is 11.6. The van der Waals surface area contributed by atoms with Crippen LogP contribution in [-0.4, -0.2) is 28.6 Å². The molecule has 1 aromatic heterocycles. The predicted molar refractivity (Wildman–Crippen MR) is 78.2 cm³/mol. The number of nitrogens with zero attached hydrogens (tertiary/aromatic N) is 1. The van der Waals surface area contributed by atoms with Crippen molar-refractivity contribution >= 4 is 17.5 Å². The summed E-state index contributed by atoms with van der Waals surface area (Å²) in [5.41, 5.74) is 7.03. The molecule has 0 fully saturated rings. The second-order valence-corrected chi connectivity index (χ2v) is 4.54. The average Bonchev–Trinajstić information content (AvgIpc) is 2.89. The lowest BCUT2D eigenvalue weighted by atomic mass is 10.3. The van der Waals surface area contributed by atoms with Crippen LogP contribution in [0, 0.1) is 6.92 Å². The smallest absolute Gasteiger partial charge is 0.257 e. The third kappa shape index (κ3) is 4.98. The van der Waals surface area contributed by atoms with Crippen LogP contribution in [0.5, 0.6) is 0 Å². The van der Waals surface area contributed by atoms with Gasteiger partial charge in [-0.3, -0.25) is 25.5 Å². The number of anilines is 1. The molecule has 0 aliphatic heterocycles. The number of para-hydroxylation sites is 1. The highest BCUT2D eigenvalue weighted by molar-refractivity contribution is 5.85. The minimum atomic E-state index is -0.328. The molecule has 0 bridgehead atoms. The zero-order chi connectivity index (χ0) is 15.1. The Morgan fingerprint density at radius 3 is 2.52 bits per heavy atom. The van der Waals surface area contributed by atoms with Crippen LogP contribution in [0.15, 0.2) is 36.4 Å². The van der Waals surface area contributed by atoms with E-state index in [1.165, 1.54) is 0 Å². The Balaban J connectivity index is 1.67. The van der Waals surface area contributed by atoms with Gasteiger partial charge >= 0.3 is 0 Å². The van der Waals surface area contributed by atoms with E-state index in [-0.39, 0.29) is 24.8 Å². The van der Waals surface area contributed by atoms with Crippen LogP contribution in [0.2, 0.25) is 0 Å². The number of carbonyl (C=O) groups excluding carboxylic acids is 2. The molecule has 7 nitrogen and oxygen atoms in total. The lowest BCUT2D eigenvalue weighted by Crippen LogP contribution is -2.44. The Hall–Kier alpha value is -2.83. The van der Waals surface area contributed by atoms with Crippen molar-refractivity contribution < 1.29 is 9.59 Å². The number of aryl methyl sites for hydroxylation is 1. The average molecular weight is 287 g/mol. The van der Waals surface area contributed by atoms with Gasteiger partial charge in [0.15, 0.2) is 0 Å². The van der Waals surface area contributed by atoms with E-state index in [0.717, 1.165) is 11.4 Å². The van der Waals surface area contributed by atoms with E-state index >= 15 is 0 Å². The molecule has 1 heterocycles. The minimum Gasteiger partial charge on any atom is -0.376 e. The Morgan fingerprint density at radius 2 is 1.86 bits per heavy atom. The van der Waals surface area contributed by atoms with E-state index in [9.17, 15) is 9.59 Å². The van der Waals surface area contributed by atoms with Gasteiger partial charge in [-0.25, -0.2) is 0 Å². The van der Waals surface area contributed by atoms with Gasteiger partial charge in [-0.1, -0.05) is 18.2 Å². The number of aromatic nitrogens is 2. The summed E-state index contributed by atoms with van der Waals surface area (Å²) in [7, 11) is 0. The van der Waals surface area contributed by atoms with Gasteiger partial charge in [0.1, 0.15) is 0 Å². The largest absolute Gasteiger partial charge is 0.376 e. The summed E-state index contributed by atoms with van der Waals surface area (Å²) >= 11 is 0. The molecule has 4 N–H and O–H groups in total. The van der Waals surface area contributed by atoms with Crippen LogP contribution in [0.3, 0.4) is 0 Å². The summed E-state index contributed by atoms with van der Waals surface area (Å²) in [5, 5.41) is 9.64. The molecule has 0 aliphatic carbocycles. The summed E-state index contributed by atoms with van der Waals surface area (Å²) in [6, 6.07) is 11.1. The summed E-state index contributed by atoms with van der Waals surface area (Å²) in [4.78, 5) is 23.2. The monoisotopic (exact) mass is 287 g/mol. The lowest BCUT2D eigenvalue weighted by molar-refractivity contribution is -0.127. The molecule has 7 heteroatoms. The van der Waals surface area contributed by atoms with Gasteiger partial charge in [-0.2, -0.15) is 5.10 Å². The first kappa shape index (κ1) is 14.6. The van der Waals surface area contributed by atoms with Crippen molar-refractivity contribution in [1.82, 2.24) is 21.0 Å². The van der Waals surface area contributed by atoms with Crippen molar-refractivity contribution in [3.63, 3.8) is 0 Å². The molecular formula is C14H17N5O2. The quantitative estimate of drug-likeness (QED) is 0.602. The Bertz CT molecular complexity index is 609.